The zero-order chi connectivity index (χ0) is 22.6. The number of nitrogens with zero attached hydrogens (tertiary/aromatic N) is 2. The van der Waals surface area contributed by atoms with E-state index in [4.69, 9.17) is 4.74 Å². The van der Waals surface area contributed by atoms with Crippen molar-refractivity contribution in [3.8, 4) is 5.75 Å². The number of carbonyl (C=O) groups excluding carboxylic acids is 2. The first kappa shape index (κ1) is 23.7. The number of benzene rings is 2. The second-order valence-electron chi connectivity index (χ2n) is 7.06. The number of hydrogen-bond acceptors (Lipinski definition) is 4. The second kappa shape index (κ2) is 12.2. The summed E-state index contributed by atoms with van der Waals surface area (Å²) >= 11 is 0. The molecule has 0 aliphatic rings. The summed E-state index contributed by atoms with van der Waals surface area (Å²) in [4.78, 5) is 30.0. The predicted molar refractivity (Wildman–Crippen MR) is 123 cm³/mol. The highest BCUT2D eigenvalue weighted by molar-refractivity contribution is 5.94. The van der Waals surface area contributed by atoms with Crippen LogP contribution in [-0.2, 0) is 6.42 Å². The van der Waals surface area contributed by atoms with Crippen LogP contribution < -0.4 is 20.7 Å². The Balaban J connectivity index is 1.71. The Morgan fingerprint density at radius 3 is 2.26 bits per heavy atom. The molecule has 8 heteroatoms. The zero-order valence-corrected chi connectivity index (χ0v) is 18.6. The van der Waals surface area contributed by atoms with Gasteiger partial charge in [-0.05, 0) is 48.4 Å². The lowest BCUT2D eigenvalue weighted by atomic mass is 10.1. The van der Waals surface area contributed by atoms with Crippen LogP contribution in [0.25, 0.3) is 0 Å². The van der Waals surface area contributed by atoms with Crippen molar-refractivity contribution in [2.24, 2.45) is 4.99 Å². The molecule has 0 heterocycles. The predicted octanol–water partition coefficient (Wildman–Crippen LogP) is 1.53. The molecule has 2 aromatic carbocycles. The third-order valence-corrected chi connectivity index (χ3v) is 4.57. The summed E-state index contributed by atoms with van der Waals surface area (Å²) in [5.41, 5.74) is 2.33. The molecular formula is C23H31N5O3. The molecule has 0 radical (unpaired) electrons. The number of carbonyl (C=O) groups is 2. The van der Waals surface area contributed by atoms with Gasteiger partial charge in [-0.25, -0.2) is 0 Å². The van der Waals surface area contributed by atoms with Crippen molar-refractivity contribution in [1.82, 2.24) is 20.9 Å². The first-order chi connectivity index (χ1) is 14.9. The summed E-state index contributed by atoms with van der Waals surface area (Å²) in [6.07, 6.45) is 0.753. The van der Waals surface area contributed by atoms with Gasteiger partial charge < -0.3 is 25.6 Å². The van der Waals surface area contributed by atoms with Crippen LogP contribution in [0.2, 0.25) is 0 Å². The van der Waals surface area contributed by atoms with Crippen LogP contribution in [0.1, 0.15) is 26.3 Å². The molecule has 2 amide bonds. The number of rotatable bonds is 9. The smallest absolute Gasteiger partial charge is 0.253 e. The molecule has 2 rings (SSSR count). The van der Waals surface area contributed by atoms with E-state index in [2.05, 4.69) is 20.9 Å². The highest BCUT2D eigenvalue weighted by Crippen LogP contribution is 2.11. The molecule has 3 N–H and O–H groups in total. The molecule has 166 valence electrons. The van der Waals surface area contributed by atoms with Gasteiger partial charge in [-0.2, -0.15) is 0 Å². The van der Waals surface area contributed by atoms with Gasteiger partial charge in [0, 0.05) is 51.9 Å². The summed E-state index contributed by atoms with van der Waals surface area (Å²) in [6.45, 7) is 1.66. The zero-order valence-electron chi connectivity index (χ0n) is 18.6. The molecule has 31 heavy (non-hydrogen) atoms. The number of methoxy groups -OCH3 is 1. The average molecular weight is 426 g/mol. The van der Waals surface area contributed by atoms with Crippen LogP contribution in [0.5, 0.6) is 5.75 Å². The molecule has 0 atom stereocenters. The lowest BCUT2D eigenvalue weighted by Crippen LogP contribution is -2.42. The average Bonchev–Trinajstić information content (AvgIpc) is 2.80. The van der Waals surface area contributed by atoms with E-state index >= 15 is 0 Å². The first-order valence-electron chi connectivity index (χ1n) is 10.1. The fourth-order valence-corrected chi connectivity index (χ4v) is 2.87. The largest absolute Gasteiger partial charge is 0.497 e. The summed E-state index contributed by atoms with van der Waals surface area (Å²) in [5, 5.41) is 9.27. The molecule has 0 saturated carbocycles. The monoisotopic (exact) mass is 425 g/mol. The number of guanidine groups is 1. The minimum atomic E-state index is -0.139. The van der Waals surface area contributed by atoms with Crippen molar-refractivity contribution >= 4 is 17.8 Å². The first-order valence-corrected chi connectivity index (χ1v) is 10.1. The van der Waals surface area contributed by atoms with E-state index in [1.54, 1.807) is 57.4 Å². The number of hydrogen-bond donors (Lipinski definition) is 3. The maximum absolute atomic E-state index is 12.2. The van der Waals surface area contributed by atoms with Gasteiger partial charge in [-0.3, -0.25) is 14.6 Å². The van der Waals surface area contributed by atoms with Gasteiger partial charge in [0.2, 0.25) is 0 Å². The molecule has 0 spiro atoms. The molecule has 0 aliphatic heterocycles. The number of nitrogens with one attached hydrogen (secondary N) is 3. The third-order valence-electron chi connectivity index (χ3n) is 4.57. The standard InChI is InChI=1S/C23H31N5O3/c1-24-23(26-13-12-17-6-5-7-19(16-17)22(30)28(2)3)27-15-14-25-21(29)18-8-10-20(31-4)11-9-18/h5-11,16H,12-15H2,1-4H3,(H,25,29)(H2,24,26,27). The molecule has 0 unspecified atom stereocenters. The topological polar surface area (TPSA) is 95.1 Å². The van der Waals surface area contributed by atoms with Gasteiger partial charge in [0.05, 0.1) is 7.11 Å². The van der Waals surface area contributed by atoms with E-state index in [9.17, 15) is 9.59 Å². The molecule has 0 aliphatic carbocycles. The van der Waals surface area contributed by atoms with Crippen LogP contribution in [0, 0.1) is 0 Å². The van der Waals surface area contributed by atoms with Crippen LogP contribution in [-0.4, -0.2) is 70.6 Å². The Hall–Kier alpha value is -3.55. The highest BCUT2D eigenvalue weighted by atomic mass is 16.5. The lowest BCUT2D eigenvalue weighted by Gasteiger charge is -2.13. The Labute approximate surface area is 183 Å². The van der Waals surface area contributed by atoms with Crippen molar-refractivity contribution < 1.29 is 14.3 Å². The van der Waals surface area contributed by atoms with Crippen LogP contribution in [0.3, 0.4) is 0 Å². The number of amides is 2. The van der Waals surface area contributed by atoms with Crippen molar-refractivity contribution in [3.05, 3.63) is 65.2 Å². The normalized spacial score (nSPS) is 10.9. The van der Waals surface area contributed by atoms with Gasteiger partial charge in [-0.1, -0.05) is 12.1 Å². The lowest BCUT2D eigenvalue weighted by molar-refractivity contribution is 0.0827. The SMILES string of the molecule is CN=C(NCCNC(=O)c1ccc(OC)cc1)NCCc1cccc(C(=O)N(C)C)c1. The van der Waals surface area contributed by atoms with E-state index < -0.39 is 0 Å². The molecule has 0 aromatic heterocycles. The van der Waals surface area contributed by atoms with Gasteiger partial charge >= 0.3 is 0 Å². The van der Waals surface area contributed by atoms with Crippen molar-refractivity contribution in [3.63, 3.8) is 0 Å². The summed E-state index contributed by atoms with van der Waals surface area (Å²) in [5.74, 6) is 1.21. The van der Waals surface area contributed by atoms with E-state index in [1.807, 2.05) is 24.3 Å². The summed E-state index contributed by atoms with van der Waals surface area (Å²) < 4.78 is 5.09. The van der Waals surface area contributed by atoms with Gasteiger partial charge in [0.1, 0.15) is 5.75 Å². The van der Waals surface area contributed by atoms with Gasteiger partial charge in [0.25, 0.3) is 11.8 Å². The summed E-state index contributed by atoms with van der Waals surface area (Å²) in [7, 11) is 6.77. The quantitative estimate of drug-likeness (QED) is 0.322. The second-order valence-corrected chi connectivity index (χ2v) is 7.06. The van der Waals surface area contributed by atoms with E-state index in [-0.39, 0.29) is 11.8 Å². The highest BCUT2D eigenvalue weighted by Gasteiger charge is 2.08. The Morgan fingerprint density at radius 1 is 0.935 bits per heavy atom. The van der Waals surface area contributed by atoms with Crippen LogP contribution in [0.15, 0.2) is 53.5 Å². The molecular weight excluding hydrogens is 394 g/mol. The number of aliphatic imine (C=N–C) groups is 1. The maximum atomic E-state index is 12.2. The van der Waals surface area contributed by atoms with E-state index in [0.29, 0.717) is 42.5 Å². The summed E-state index contributed by atoms with van der Waals surface area (Å²) in [6, 6.07) is 14.6. The van der Waals surface area contributed by atoms with E-state index in [1.165, 1.54) is 0 Å². The van der Waals surface area contributed by atoms with Gasteiger partial charge in [0.15, 0.2) is 5.96 Å². The molecule has 0 fully saturated rings. The Morgan fingerprint density at radius 2 is 1.61 bits per heavy atom. The molecule has 2 aromatic rings. The van der Waals surface area contributed by atoms with E-state index in [0.717, 1.165) is 12.0 Å². The van der Waals surface area contributed by atoms with Crippen LogP contribution in [0.4, 0.5) is 0 Å². The Bertz CT molecular complexity index is 894. The minimum Gasteiger partial charge on any atom is -0.497 e. The fourth-order valence-electron chi connectivity index (χ4n) is 2.87. The van der Waals surface area contributed by atoms with Crippen LogP contribution >= 0.6 is 0 Å². The molecule has 8 nitrogen and oxygen atoms in total. The Kier molecular flexibility index (Phi) is 9.35. The molecule has 0 bridgehead atoms. The number of ether oxygens (including phenoxy) is 1. The minimum absolute atomic E-state index is 0.0102. The third kappa shape index (κ3) is 7.65. The van der Waals surface area contributed by atoms with Crippen molar-refractivity contribution in [2.75, 3.05) is 47.9 Å². The molecule has 0 saturated heterocycles. The maximum Gasteiger partial charge on any atom is 0.253 e. The van der Waals surface area contributed by atoms with Crippen molar-refractivity contribution in [2.45, 2.75) is 6.42 Å². The van der Waals surface area contributed by atoms with Gasteiger partial charge in [-0.15, -0.1) is 0 Å². The van der Waals surface area contributed by atoms with Crippen molar-refractivity contribution in [1.29, 1.82) is 0 Å². The fraction of sp³-hybridized carbons (Fsp3) is 0.348.